The van der Waals surface area contributed by atoms with Gasteiger partial charge < -0.3 is 31.1 Å². The van der Waals surface area contributed by atoms with Crippen LogP contribution in [-0.4, -0.2) is 82.8 Å². The van der Waals surface area contributed by atoms with Gasteiger partial charge in [0.05, 0.1) is 19.2 Å². The summed E-state index contributed by atoms with van der Waals surface area (Å²) in [6.07, 6.45) is 1.13. The van der Waals surface area contributed by atoms with Gasteiger partial charge in [-0.2, -0.15) is 0 Å². The minimum Gasteiger partial charge on any atom is -0.444 e. The maximum absolute atomic E-state index is 12.6. The smallest absolute Gasteiger partial charge is 0.408 e. The Kier molecular flexibility index (Phi) is 10.6. The molecule has 1 heterocycles. The van der Waals surface area contributed by atoms with Crippen LogP contribution in [-0.2, 0) is 14.3 Å². The standard InChI is InChI=1S/C18H33N7O7/c1-18(2,3)32-17(29)22-13-7-5-9-24(15(13)28)10-14(27)21-12(11-26)6-4-8-20-16(19)23-25(30)31/h12-13,26H,4-11H2,1-3H3,(H,21,27)(H,22,29)(H3,19,20,23)/t12-,13-/m0/s1. The average molecular weight is 460 g/mol. The van der Waals surface area contributed by atoms with E-state index in [1.54, 1.807) is 26.2 Å². The normalized spacial score (nSPS) is 18.0. The number of hydrazine groups is 1. The third-order valence-corrected chi connectivity index (χ3v) is 4.34. The lowest BCUT2D eigenvalue weighted by Gasteiger charge is -2.33. The lowest BCUT2D eigenvalue weighted by atomic mass is 10.0. The SMILES string of the molecule is CC(C)(C)OC(=O)N[C@H]1CCCN(CC(=O)N[C@H](CO)CCCN=C(N)N[N+](=O)[O-])C1=O. The van der Waals surface area contributed by atoms with Crippen molar-refractivity contribution in [1.29, 1.82) is 0 Å². The number of carbonyl (C=O) groups is 3. The van der Waals surface area contributed by atoms with Crippen molar-refractivity contribution in [3.05, 3.63) is 10.1 Å². The van der Waals surface area contributed by atoms with Gasteiger partial charge in [-0.05, 0) is 46.5 Å². The van der Waals surface area contributed by atoms with Crippen molar-refractivity contribution in [3.8, 4) is 0 Å². The van der Waals surface area contributed by atoms with Crippen molar-refractivity contribution in [1.82, 2.24) is 21.0 Å². The fraction of sp³-hybridized carbons (Fsp3) is 0.778. The Morgan fingerprint density at radius 2 is 2.12 bits per heavy atom. The van der Waals surface area contributed by atoms with Crippen molar-refractivity contribution >= 4 is 23.9 Å². The van der Waals surface area contributed by atoms with Gasteiger partial charge in [0.1, 0.15) is 11.6 Å². The number of rotatable bonds is 10. The van der Waals surface area contributed by atoms with Crippen LogP contribution in [0.15, 0.2) is 4.99 Å². The summed E-state index contributed by atoms with van der Waals surface area (Å²) in [7, 11) is 0. The number of ether oxygens (including phenoxy) is 1. The van der Waals surface area contributed by atoms with Crippen molar-refractivity contribution in [3.63, 3.8) is 0 Å². The molecule has 14 nitrogen and oxygen atoms in total. The van der Waals surface area contributed by atoms with E-state index in [2.05, 4.69) is 15.6 Å². The summed E-state index contributed by atoms with van der Waals surface area (Å²) in [5, 5.41) is 24.1. The zero-order valence-electron chi connectivity index (χ0n) is 18.6. The molecule has 0 aromatic heterocycles. The van der Waals surface area contributed by atoms with Crippen molar-refractivity contribution in [2.45, 2.75) is 64.1 Å². The van der Waals surface area contributed by atoms with Gasteiger partial charge in [-0.3, -0.25) is 9.59 Å². The molecule has 0 unspecified atom stereocenters. The molecule has 32 heavy (non-hydrogen) atoms. The number of alkyl carbamates (subject to hydrolysis) is 1. The first-order chi connectivity index (χ1) is 14.9. The van der Waals surface area contributed by atoms with Gasteiger partial charge in [-0.15, -0.1) is 0 Å². The number of nitrogens with two attached hydrogens (primary N) is 1. The Morgan fingerprint density at radius 1 is 1.44 bits per heavy atom. The highest BCUT2D eigenvalue weighted by Crippen LogP contribution is 2.13. The molecule has 1 aliphatic heterocycles. The highest BCUT2D eigenvalue weighted by Gasteiger charge is 2.32. The van der Waals surface area contributed by atoms with Crippen LogP contribution in [0.5, 0.6) is 0 Å². The van der Waals surface area contributed by atoms with Crippen molar-refractivity contribution in [2.24, 2.45) is 10.7 Å². The van der Waals surface area contributed by atoms with Crippen LogP contribution in [0.2, 0.25) is 0 Å². The van der Waals surface area contributed by atoms with Crippen LogP contribution < -0.4 is 21.8 Å². The van der Waals surface area contributed by atoms with Crippen LogP contribution >= 0.6 is 0 Å². The summed E-state index contributed by atoms with van der Waals surface area (Å²) in [5.74, 6) is -1.16. The molecule has 0 bridgehead atoms. The Labute approximate surface area is 186 Å². The highest BCUT2D eigenvalue weighted by molar-refractivity contribution is 5.90. The molecule has 182 valence electrons. The molecule has 0 aromatic carbocycles. The van der Waals surface area contributed by atoms with Gasteiger partial charge in [-0.1, -0.05) is 5.43 Å². The Hall–Kier alpha value is -3.16. The summed E-state index contributed by atoms with van der Waals surface area (Å²) in [6.45, 7) is 5.16. The van der Waals surface area contributed by atoms with Crippen LogP contribution in [0.4, 0.5) is 4.79 Å². The lowest BCUT2D eigenvalue weighted by molar-refractivity contribution is -0.525. The van der Waals surface area contributed by atoms with Gasteiger partial charge in [0.25, 0.3) is 5.96 Å². The lowest BCUT2D eigenvalue weighted by Crippen LogP contribution is -2.55. The van der Waals surface area contributed by atoms with E-state index < -0.39 is 34.7 Å². The average Bonchev–Trinajstić information content (AvgIpc) is 2.65. The van der Waals surface area contributed by atoms with Gasteiger partial charge in [0.2, 0.25) is 11.8 Å². The maximum atomic E-state index is 12.6. The molecule has 2 atom stereocenters. The first-order valence-corrected chi connectivity index (χ1v) is 10.3. The summed E-state index contributed by atoms with van der Waals surface area (Å²) in [4.78, 5) is 52.2. The maximum Gasteiger partial charge on any atom is 0.408 e. The number of aliphatic hydroxyl groups is 1. The number of nitrogens with zero attached hydrogens (tertiary/aromatic N) is 3. The second kappa shape index (κ2) is 12.6. The van der Waals surface area contributed by atoms with Crippen LogP contribution in [0, 0.1) is 10.1 Å². The number of nitrogens with one attached hydrogen (secondary N) is 3. The van der Waals surface area contributed by atoms with E-state index in [0.29, 0.717) is 32.2 Å². The fourth-order valence-electron chi connectivity index (χ4n) is 3.00. The topological polar surface area (TPSA) is 202 Å². The number of hydrogen-bond donors (Lipinski definition) is 5. The molecular formula is C18H33N7O7. The van der Waals surface area contributed by atoms with E-state index in [-0.39, 0.29) is 31.6 Å². The van der Waals surface area contributed by atoms with E-state index >= 15 is 0 Å². The molecule has 6 N–H and O–H groups in total. The van der Waals surface area contributed by atoms with Gasteiger partial charge in [0, 0.05) is 13.1 Å². The number of likely N-dealkylation sites (tertiary alicyclic amines) is 1. The van der Waals surface area contributed by atoms with Crippen molar-refractivity contribution < 1.29 is 29.3 Å². The Balaban J connectivity index is 2.47. The van der Waals surface area contributed by atoms with Crippen LogP contribution in [0.1, 0.15) is 46.5 Å². The largest absolute Gasteiger partial charge is 0.444 e. The minimum atomic E-state index is -0.828. The Morgan fingerprint density at radius 3 is 2.72 bits per heavy atom. The third kappa shape index (κ3) is 10.7. The summed E-state index contributed by atoms with van der Waals surface area (Å²) in [5.41, 5.74) is 6.32. The summed E-state index contributed by atoms with van der Waals surface area (Å²) >= 11 is 0. The zero-order valence-corrected chi connectivity index (χ0v) is 18.6. The number of nitro groups is 1. The number of hydrogen-bond acceptors (Lipinski definition) is 8. The number of piperidine rings is 1. The number of carbonyl (C=O) groups excluding carboxylic acids is 3. The second-order valence-corrected chi connectivity index (χ2v) is 8.33. The van der Waals surface area contributed by atoms with Crippen LogP contribution in [0.25, 0.3) is 0 Å². The molecule has 0 aromatic rings. The number of guanidine groups is 1. The molecule has 0 spiro atoms. The Bertz CT molecular complexity index is 708. The zero-order chi connectivity index (χ0) is 24.3. The van der Waals surface area contributed by atoms with Gasteiger partial charge in [-0.25, -0.2) is 19.9 Å². The summed E-state index contributed by atoms with van der Waals surface area (Å²) < 4.78 is 5.17. The van der Waals surface area contributed by atoms with Gasteiger partial charge in [0.15, 0.2) is 5.03 Å². The highest BCUT2D eigenvalue weighted by atomic mass is 16.7. The number of aliphatic hydroxyl groups excluding tert-OH is 1. The van der Waals surface area contributed by atoms with Gasteiger partial charge >= 0.3 is 6.09 Å². The number of aliphatic imine (C=N–C) groups is 1. The van der Waals surface area contributed by atoms with E-state index in [0.717, 1.165) is 0 Å². The third-order valence-electron chi connectivity index (χ3n) is 4.34. The molecular weight excluding hydrogens is 426 g/mol. The van der Waals surface area contributed by atoms with Crippen molar-refractivity contribution in [2.75, 3.05) is 26.2 Å². The molecule has 1 aliphatic rings. The van der Waals surface area contributed by atoms with E-state index in [1.165, 1.54) is 4.90 Å². The fourth-order valence-corrected chi connectivity index (χ4v) is 3.00. The quantitative estimate of drug-likeness (QED) is 0.0879. The minimum absolute atomic E-state index is 0.168. The molecule has 0 saturated carbocycles. The second-order valence-electron chi connectivity index (χ2n) is 8.33. The van der Waals surface area contributed by atoms with Crippen LogP contribution in [0.3, 0.4) is 0 Å². The molecule has 1 fully saturated rings. The molecule has 14 heteroatoms. The predicted octanol–water partition coefficient (Wildman–Crippen LogP) is -1.14. The summed E-state index contributed by atoms with van der Waals surface area (Å²) in [6, 6.07) is -1.34. The molecule has 1 rings (SSSR count). The monoisotopic (exact) mass is 459 g/mol. The predicted molar refractivity (Wildman–Crippen MR) is 114 cm³/mol. The molecule has 1 saturated heterocycles. The van der Waals surface area contributed by atoms with E-state index in [1.807, 2.05) is 0 Å². The first kappa shape index (κ1) is 26.9. The van der Waals surface area contributed by atoms with E-state index in [4.69, 9.17) is 10.5 Å². The molecule has 0 aliphatic carbocycles. The molecule has 0 radical (unpaired) electrons. The number of amides is 3. The van der Waals surface area contributed by atoms with E-state index in [9.17, 15) is 29.6 Å². The first-order valence-electron chi connectivity index (χ1n) is 10.3. The molecule has 3 amide bonds.